The lowest BCUT2D eigenvalue weighted by molar-refractivity contribution is -0.148. The van der Waals surface area contributed by atoms with E-state index in [0.717, 1.165) is 43.4 Å². The second-order valence-electron chi connectivity index (χ2n) is 6.23. The zero-order valence-electron chi connectivity index (χ0n) is 14.5. The highest BCUT2D eigenvalue weighted by molar-refractivity contribution is 5.78. The predicted molar refractivity (Wildman–Crippen MR) is 91.8 cm³/mol. The molecule has 1 aliphatic rings. The molecule has 2 atom stereocenters. The van der Waals surface area contributed by atoms with Crippen molar-refractivity contribution in [3.63, 3.8) is 0 Å². The number of hydrogen-bond donors (Lipinski definition) is 1. The molecule has 1 saturated carbocycles. The van der Waals surface area contributed by atoms with Gasteiger partial charge >= 0.3 is 5.97 Å². The first-order valence-corrected chi connectivity index (χ1v) is 8.71. The van der Waals surface area contributed by atoms with Crippen molar-refractivity contribution in [1.29, 1.82) is 0 Å². The number of para-hydroxylation sites is 1. The summed E-state index contributed by atoms with van der Waals surface area (Å²) in [6, 6.07) is 7.73. The lowest BCUT2D eigenvalue weighted by atomic mass is 9.79. The Morgan fingerprint density at radius 2 is 1.96 bits per heavy atom. The number of carbonyl (C=O) groups excluding carboxylic acids is 2. The number of benzene rings is 1. The summed E-state index contributed by atoms with van der Waals surface area (Å²) in [7, 11) is 1.42. The van der Waals surface area contributed by atoms with E-state index in [1.54, 1.807) is 0 Å². The van der Waals surface area contributed by atoms with Crippen molar-refractivity contribution in [2.24, 2.45) is 11.8 Å². The van der Waals surface area contributed by atoms with E-state index < -0.39 is 0 Å². The standard InChI is InChI=1S/C19H27NO4/c1-3-14-8-5-7-11-17(14)24-13-18(21)20-12-15-9-4-6-10-16(15)19(22)23-2/h5,7-8,11,15-16H,3-4,6,9-10,12-13H2,1-2H3,(H,20,21). The lowest BCUT2D eigenvalue weighted by Gasteiger charge is -2.29. The molecule has 0 aliphatic heterocycles. The van der Waals surface area contributed by atoms with Crippen molar-refractivity contribution in [3.8, 4) is 5.75 Å². The number of esters is 1. The van der Waals surface area contributed by atoms with Crippen LogP contribution in [-0.2, 0) is 20.7 Å². The fraction of sp³-hybridized carbons (Fsp3) is 0.579. The van der Waals surface area contributed by atoms with Crippen LogP contribution in [0, 0.1) is 11.8 Å². The molecule has 1 fully saturated rings. The summed E-state index contributed by atoms with van der Waals surface area (Å²) < 4.78 is 10.5. The third-order valence-corrected chi connectivity index (χ3v) is 4.69. The van der Waals surface area contributed by atoms with Gasteiger partial charge in [0.25, 0.3) is 5.91 Å². The van der Waals surface area contributed by atoms with Crippen LogP contribution in [0.25, 0.3) is 0 Å². The minimum absolute atomic E-state index is 0.00732. The number of aryl methyl sites for hydroxylation is 1. The summed E-state index contributed by atoms with van der Waals surface area (Å²) in [6.45, 7) is 2.54. The Morgan fingerprint density at radius 3 is 2.71 bits per heavy atom. The number of rotatable bonds is 7. The average molecular weight is 333 g/mol. The van der Waals surface area contributed by atoms with E-state index in [9.17, 15) is 9.59 Å². The Kier molecular flexibility index (Phi) is 7.09. The zero-order valence-corrected chi connectivity index (χ0v) is 14.5. The first-order chi connectivity index (χ1) is 11.7. The summed E-state index contributed by atoms with van der Waals surface area (Å²) in [4.78, 5) is 23.9. The van der Waals surface area contributed by atoms with Gasteiger partial charge in [0.1, 0.15) is 5.75 Å². The Bertz CT molecular complexity index is 558. The summed E-state index contributed by atoms with van der Waals surface area (Å²) in [5, 5.41) is 2.90. The SMILES string of the molecule is CCc1ccccc1OCC(=O)NCC1CCCCC1C(=O)OC. The minimum Gasteiger partial charge on any atom is -0.483 e. The molecule has 0 saturated heterocycles. The quantitative estimate of drug-likeness (QED) is 0.779. The fourth-order valence-corrected chi connectivity index (χ4v) is 3.29. The molecule has 1 aromatic rings. The van der Waals surface area contributed by atoms with Gasteiger partial charge in [-0.1, -0.05) is 38.0 Å². The van der Waals surface area contributed by atoms with E-state index in [2.05, 4.69) is 12.2 Å². The minimum atomic E-state index is -0.165. The maximum absolute atomic E-state index is 12.1. The monoisotopic (exact) mass is 333 g/mol. The molecular formula is C19H27NO4. The molecule has 1 N–H and O–H groups in total. The van der Waals surface area contributed by atoms with Crippen LogP contribution in [0.4, 0.5) is 0 Å². The largest absolute Gasteiger partial charge is 0.483 e. The number of amides is 1. The summed E-state index contributed by atoms with van der Waals surface area (Å²) in [5.41, 5.74) is 1.09. The van der Waals surface area contributed by atoms with Crippen LogP contribution in [0.5, 0.6) is 5.75 Å². The number of hydrogen-bond acceptors (Lipinski definition) is 4. The molecular weight excluding hydrogens is 306 g/mol. The summed E-state index contributed by atoms with van der Waals surface area (Å²) >= 11 is 0. The van der Waals surface area contributed by atoms with Crippen molar-refractivity contribution >= 4 is 11.9 Å². The smallest absolute Gasteiger partial charge is 0.309 e. The van der Waals surface area contributed by atoms with E-state index in [0.29, 0.717) is 6.54 Å². The highest BCUT2D eigenvalue weighted by Gasteiger charge is 2.31. The van der Waals surface area contributed by atoms with Gasteiger partial charge < -0.3 is 14.8 Å². The first kappa shape index (κ1) is 18.3. The molecule has 0 heterocycles. The zero-order chi connectivity index (χ0) is 17.4. The van der Waals surface area contributed by atoms with Gasteiger partial charge in [-0.3, -0.25) is 9.59 Å². The van der Waals surface area contributed by atoms with Crippen LogP contribution in [0.1, 0.15) is 38.2 Å². The van der Waals surface area contributed by atoms with Crippen molar-refractivity contribution in [1.82, 2.24) is 5.32 Å². The van der Waals surface area contributed by atoms with Crippen LogP contribution in [0.2, 0.25) is 0 Å². The molecule has 1 aliphatic carbocycles. The highest BCUT2D eigenvalue weighted by Crippen LogP contribution is 2.30. The van der Waals surface area contributed by atoms with E-state index in [1.165, 1.54) is 7.11 Å². The summed E-state index contributed by atoms with van der Waals surface area (Å²) in [6.07, 6.45) is 4.78. The molecule has 0 aromatic heterocycles. The van der Waals surface area contributed by atoms with Crippen molar-refractivity contribution < 1.29 is 19.1 Å². The van der Waals surface area contributed by atoms with Gasteiger partial charge in [-0.15, -0.1) is 0 Å². The Balaban J connectivity index is 1.80. The van der Waals surface area contributed by atoms with Gasteiger partial charge in [-0.25, -0.2) is 0 Å². The molecule has 1 aromatic carbocycles. The van der Waals surface area contributed by atoms with Crippen molar-refractivity contribution in [3.05, 3.63) is 29.8 Å². The first-order valence-electron chi connectivity index (χ1n) is 8.71. The second-order valence-corrected chi connectivity index (χ2v) is 6.23. The highest BCUT2D eigenvalue weighted by atomic mass is 16.5. The lowest BCUT2D eigenvalue weighted by Crippen LogP contribution is -2.39. The molecule has 2 unspecified atom stereocenters. The summed E-state index contributed by atoms with van der Waals surface area (Å²) in [5.74, 6) is 0.473. The number of ether oxygens (including phenoxy) is 2. The molecule has 0 spiro atoms. The van der Waals surface area contributed by atoms with Crippen molar-refractivity contribution in [2.45, 2.75) is 39.0 Å². The normalized spacial score (nSPS) is 20.2. The van der Waals surface area contributed by atoms with Gasteiger partial charge in [0.2, 0.25) is 0 Å². The van der Waals surface area contributed by atoms with Gasteiger partial charge in [0, 0.05) is 6.54 Å². The fourth-order valence-electron chi connectivity index (χ4n) is 3.29. The van der Waals surface area contributed by atoms with E-state index >= 15 is 0 Å². The molecule has 132 valence electrons. The number of nitrogens with one attached hydrogen (secondary N) is 1. The van der Waals surface area contributed by atoms with Gasteiger partial charge in [0.05, 0.1) is 13.0 Å². The maximum atomic E-state index is 12.1. The van der Waals surface area contributed by atoms with Crippen LogP contribution >= 0.6 is 0 Å². The Labute approximate surface area is 143 Å². The molecule has 5 heteroatoms. The predicted octanol–water partition coefficient (Wildman–Crippen LogP) is 2.72. The number of methoxy groups -OCH3 is 1. The van der Waals surface area contributed by atoms with E-state index in [4.69, 9.17) is 9.47 Å². The maximum Gasteiger partial charge on any atom is 0.309 e. The van der Waals surface area contributed by atoms with Gasteiger partial charge in [-0.2, -0.15) is 0 Å². The third kappa shape index (κ3) is 4.98. The second kappa shape index (κ2) is 9.30. The van der Waals surface area contributed by atoms with Crippen LogP contribution in [-0.4, -0.2) is 32.1 Å². The molecule has 0 bridgehead atoms. The van der Waals surface area contributed by atoms with Gasteiger partial charge in [0.15, 0.2) is 6.61 Å². The average Bonchev–Trinajstić information content (AvgIpc) is 2.64. The molecule has 2 rings (SSSR count). The molecule has 0 radical (unpaired) electrons. The molecule has 24 heavy (non-hydrogen) atoms. The van der Waals surface area contributed by atoms with Crippen molar-refractivity contribution in [2.75, 3.05) is 20.3 Å². The van der Waals surface area contributed by atoms with E-state index in [-0.39, 0.29) is 30.3 Å². The Hall–Kier alpha value is -2.04. The molecule has 1 amide bonds. The van der Waals surface area contributed by atoms with Crippen LogP contribution in [0.15, 0.2) is 24.3 Å². The van der Waals surface area contributed by atoms with E-state index in [1.807, 2.05) is 24.3 Å². The van der Waals surface area contributed by atoms with Crippen LogP contribution in [0.3, 0.4) is 0 Å². The van der Waals surface area contributed by atoms with Crippen LogP contribution < -0.4 is 10.1 Å². The Morgan fingerprint density at radius 1 is 1.21 bits per heavy atom. The number of carbonyl (C=O) groups is 2. The van der Waals surface area contributed by atoms with Gasteiger partial charge in [-0.05, 0) is 36.8 Å². The topological polar surface area (TPSA) is 64.6 Å². The molecule has 5 nitrogen and oxygen atoms in total. The third-order valence-electron chi connectivity index (χ3n) is 4.69.